The molecule has 0 atom stereocenters. The van der Waals surface area contributed by atoms with E-state index in [0.717, 1.165) is 0 Å². The normalized spacial score (nSPS) is 9.92. The van der Waals surface area contributed by atoms with Gasteiger partial charge >= 0.3 is 5.97 Å². The average Bonchev–Trinajstić information content (AvgIpc) is 2.66. The lowest BCUT2D eigenvalue weighted by molar-refractivity contribution is 0.0600. The second kappa shape index (κ2) is 8.05. The van der Waals surface area contributed by atoms with Crippen LogP contribution in [0.4, 0.5) is 5.69 Å². The maximum Gasteiger partial charge on any atom is 0.337 e. The lowest BCUT2D eigenvalue weighted by Crippen LogP contribution is -2.13. The Morgan fingerprint density at radius 2 is 1.36 bits per heavy atom. The number of carbonyl (C=O) groups is 2. The van der Waals surface area contributed by atoms with E-state index in [1.165, 1.54) is 28.4 Å². The largest absolute Gasteiger partial charge is 0.493 e. The molecule has 132 valence electrons. The van der Waals surface area contributed by atoms with Gasteiger partial charge in [0.1, 0.15) is 0 Å². The lowest BCUT2D eigenvalue weighted by Gasteiger charge is -2.14. The number of rotatable bonds is 6. The molecule has 0 spiro atoms. The third-order valence-corrected chi connectivity index (χ3v) is 3.49. The van der Waals surface area contributed by atoms with E-state index in [1.54, 1.807) is 36.4 Å². The van der Waals surface area contributed by atoms with Crippen molar-refractivity contribution in [1.29, 1.82) is 0 Å². The quantitative estimate of drug-likeness (QED) is 0.811. The van der Waals surface area contributed by atoms with Crippen molar-refractivity contribution in [3.8, 4) is 17.2 Å². The highest BCUT2D eigenvalue weighted by molar-refractivity contribution is 6.05. The summed E-state index contributed by atoms with van der Waals surface area (Å²) in [5.41, 5.74) is 1.27. The molecule has 1 N–H and O–H groups in total. The van der Waals surface area contributed by atoms with Crippen molar-refractivity contribution in [2.75, 3.05) is 33.8 Å². The zero-order chi connectivity index (χ0) is 18.4. The zero-order valence-corrected chi connectivity index (χ0v) is 14.4. The highest BCUT2D eigenvalue weighted by Crippen LogP contribution is 2.38. The van der Waals surface area contributed by atoms with E-state index in [4.69, 9.17) is 14.2 Å². The topological polar surface area (TPSA) is 83.1 Å². The van der Waals surface area contributed by atoms with E-state index in [1.807, 2.05) is 0 Å². The van der Waals surface area contributed by atoms with E-state index in [9.17, 15) is 9.59 Å². The van der Waals surface area contributed by atoms with Crippen LogP contribution >= 0.6 is 0 Å². The van der Waals surface area contributed by atoms with Gasteiger partial charge in [0.2, 0.25) is 5.75 Å². The number of benzene rings is 2. The molecule has 0 saturated heterocycles. The lowest BCUT2D eigenvalue weighted by atomic mass is 10.1. The minimum absolute atomic E-state index is 0.339. The van der Waals surface area contributed by atoms with Gasteiger partial charge < -0.3 is 24.3 Å². The molecular formula is C18H19NO6. The van der Waals surface area contributed by atoms with Crippen LogP contribution in [-0.2, 0) is 4.74 Å². The minimum atomic E-state index is -0.442. The van der Waals surface area contributed by atoms with Crippen LogP contribution < -0.4 is 19.5 Å². The summed E-state index contributed by atoms with van der Waals surface area (Å²) < 4.78 is 20.3. The molecule has 0 radical (unpaired) electrons. The summed E-state index contributed by atoms with van der Waals surface area (Å²) in [5, 5.41) is 2.74. The van der Waals surface area contributed by atoms with E-state index in [-0.39, 0.29) is 5.91 Å². The fourth-order valence-corrected chi connectivity index (χ4v) is 2.22. The summed E-state index contributed by atoms with van der Waals surface area (Å²) in [6.45, 7) is 0. The van der Waals surface area contributed by atoms with Gasteiger partial charge in [-0.15, -0.1) is 0 Å². The predicted octanol–water partition coefficient (Wildman–Crippen LogP) is 2.75. The van der Waals surface area contributed by atoms with Crippen LogP contribution in [0.2, 0.25) is 0 Å². The van der Waals surface area contributed by atoms with Crippen LogP contribution in [0.25, 0.3) is 0 Å². The SMILES string of the molecule is COC(=O)c1ccc(NC(=O)c2cc(OC)c(OC)c(OC)c2)cc1. The molecule has 7 heteroatoms. The van der Waals surface area contributed by atoms with Crippen molar-refractivity contribution in [2.45, 2.75) is 0 Å². The molecule has 25 heavy (non-hydrogen) atoms. The maximum absolute atomic E-state index is 12.5. The van der Waals surface area contributed by atoms with Gasteiger partial charge in [-0.25, -0.2) is 4.79 Å². The Kier molecular flexibility index (Phi) is 5.84. The monoisotopic (exact) mass is 345 g/mol. The van der Waals surface area contributed by atoms with Crippen LogP contribution in [0.15, 0.2) is 36.4 Å². The Balaban J connectivity index is 2.24. The highest BCUT2D eigenvalue weighted by Gasteiger charge is 2.17. The highest BCUT2D eigenvalue weighted by atomic mass is 16.5. The molecule has 7 nitrogen and oxygen atoms in total. The van der Waals surface area contributed by atoms with E-state index >= 15 is 0 Å². The number of esters is 1. The van der Waals surface area contributed by atoms with Crippen molar-refractivity contribution in [2.24, 2.45) is 0 Å². The van der Waals surface area contributed by atoms with Gasteiger partial charge in [0.25, 0.3) is 5.91 Å². The molecular weight excluding hydrogens is 326 g/mol. The van der Waals surface area contributed by atoms with Gasteiger partial charge in [-0.1, -0.05) is 0 Å². The summed E-state index contributed by atoms with van der Waals surface area (Å²) in [7, 11) is 5.75. The van der Waals surface area contributed by atoms with Crippen molar-refractivity contribution < 1.29 is 28.5 Å². The van der Waals surface area contributed by atoms with Crippen LogP contribution in [0.3, 0.4) is 0 Å². The zero-order valence-electron chi connectivity index (χ0n) is 14.4. The van der Waals surface area contributed by atoms with Crippen LogP contribution in [0.1, 0.15) is 20.7 Å². The van der Waals surface area contributed by atoms with Gasteiger partial charge in [0, 0.05) is 11.3 Å². The average molecular weight is 345 g/mol. The van der Waals surface area contributed by atoms with Gasteiger partial charge in [0.15, 0.2) is 11.5 Å². The number of methoxy groups -OCH3 is 4. The summed E-state index contributed by atoms with van der Waals surface area (Å²) in [5.74, 6) is 0.373. The number of carbonyl (C=O) groups excluding carboxylic acids is 2. The Hall–Kier alpha value is -3.22. The fraction of sp³-hybridized carbons (Fsp3) is 0.222. The first-order valence-corrected chi connectivity index (χ1v) is 7.33. The first kappa shape index (κ1) is 18.1. The Morgan fingerprint density at radius 3 is 1.80 bits per heavy atom. The second-order valence-electron chi connectivity index (χ2n) is 4.94. The molecule has 1 amide bonds. The van der Waals surface area contributed by atoms with Gasteiger partial charge in [0.05, 0.1) is 34.0 Å². The number of amides is 1. The molecule has 0 aliphatic heterocycles. The van der Waals surface area contributed by atoms with Crippen molar-refractivity contribution in [3.05, 3.63) is 47.5 Å². The summed E-state index contributed by atoms with van der Waals surface area (Å²) >= 11 is 0. The Labute approximate surface area is 145 Å². The van der Waals surface area contributed by atoms with E-state index in [2.05, 4.69) is 10.1 Å². The molecule has 2 aromatic rings. The van der Waals surface area contributed by atoms with Crippen molar-refractivity contribution in [1.82, 2.24) is 0 Å². The molecule has 2 aromatic carbocycles. The number of ether oxygens (including phenoxy) is 4. The third kappa shape index (κ3) is 4.00. The number of hydrogen-bond donors (Lipinski definition) is 1. The fourth-order valence-electron chi connectivity index (χ4n) is 2.22. The molecule has 0 aromatic heterocycles. The number of hydrogen-bond acceptors (Lipinski definition) is 6. The molecule has 0 unspecified atom stereocenters. The molecule has 0 fully saturated rings. The predicted molar refractivity (Wildman–Crippen MR) is 91.8 cm³/mol. The molecule has 0 aliphatic carbocycles. The van der Waals surface area contributed by atoms with Gasteiger partial charge in [-0.05, 0) is 36.4 Å². The first-order valence-electron chi connectivity index (χ1n) is 7.33. The second-order valence-corrected chi connectivity index (χ2v) is 4.94. The van der Waals surface area contributed by atoms with Gasteiger partial charge in [-0.3, -0.25) is 4.79 Å². The molecule has 0 heterocycles. The molecule has 0 saturated carbocycles. The van der Waals surface area contributed by atoms with E-state index < -0.39 is 5.97 Å². The van der Waals surface area contributed by atoms with Crippen molar-refractivity contribution >= 4 is 17.6 Å². The number of nitrogens with one attached hydrogen (secondary N) is 1. The standard InChI is InChI=1S/C18H19NO6/c1-22-14-9-12(10-15(23-2)16(14)24-3)17(20)19-13-7-5-11(6-8-13)18(21)25-4/h5-10H,1-4H3,(H,19,20). The maximum atomic E-state index is 12.5. The number of anilines is 1. The van der Waals surface area contributed by atoms with Gasteiger partial charge in [-0.2, -0.15) is 0 Å². The third-order valence-electron chi connectivity index (χ3n) is 3.49. The van der Waals surface area contributed by atoms with Crippen LogP contribution in [0, 0.1) is 0 Å². The Bertz CT molecular complexity index is 745. The smallest absolute Gasteiger partial charge is 0.337 e. The summed E-state index contributed by atoms with van der Waals surface area (Å²) in [6.07, 6.45) is 0. The molecule has 0 aliphatic rings. The summed E-state index contributed by atoms with van der Waals surface area (Å²) in [4.78, 5) is 23.9. The van der Waals surface area contributed by atoms with Crippen LogP contribution in [-0.4, -0.2) is 40.3 Å². The van der Waals surface area contributed by atoms with Crippen molar-refractivity contribution in [3.63, 3.8) is 0 Å². The summed E-state index contributed by atoms with van der Waals surface area (Å²) in [6, 6.07) is 9.47. The molecule has 0 bridgehead atoms. The Morgan fingerprint density at radius 1 is 0.800 bits per heavy atom. The van der Waals surface area contributed by atoms with E-state index in [0.29, 0.717) is 34.1 Å². The van der Waals surface area contributed by atoms with Crippen LogP contribution in [0.5, 0.6) is 17.2 Å². The minimum Gasteiger partial charge on any atom is -0.493 e. The first-order chi connectivity index (χ1) is 12.0. The molecule has 2 rings (SSSR count).